The van der Waals surface area contributed by atoms with Crippen molar-refractivity contribution in [2.75, 3.05) is 14.2 Å². The fourth-order valence-electron chi connectivity index (χ4n) is 10.5. The maximum absolute atomic E-state index is 13.2. The number of carbonyl (C=O) groups excluding carboxylic acids is 1. The molecule has 0 saturated carbocycles. The largest absolute Gasteiger partial charge is 0.507 e. The van der Waals surface area contributed by atoms with Crippen molar-refractivity contribution >= 4 is 23.5 Å². The van der Waals surface area contributed by atoms with E-state index in [9.17, 15) is 19.8 Å². The number of phenolic OH excluding ortho intramolecular Hbond substituents is 1. The molecule has 310 valence electrons. The predicted octanol–water partition coefficient (Wildman–Crippen LogP) is 7.26. The second-order valence-electron chi connectivity index (χ2n) is 17.8. The normalized spacial score (nSPS) is 43.8. The molecular weight excluding hydrogens is 732 g/mol. The Morgan fingerprint density at radius 3 is 2.33 bits per heavy atom. The molecule has 2 N–H and O–H groups in total. The number of hydrogen-bond donors (Lipinski definition) is 2. The lowest BCUT2D eigenvalue weighted by molar-refractivity contribution is -0.353. The van der Waals surface area contributed by atoms with Gasteiger partial charge < -0.3 is 48.1 Å². The number of halogens is 1. The zero-order chi connectivity index (χ0) is 40.2. The van der Waals surface area contributed by atoms with Gasteiger partial charge in [-0.05, 0) is 82.9 Å². The number of carbonyl (C=O) groups is 2. The number of aromatic hydroxyl groups is 1. The van der Waals surface area contributed by atoms with Crippen molar-refractivity contribution in [2.45, 2.75) is 179 Å². The first-order valence-electron chi connectivity index (χ1n) is 20.2. The third kappa shape index (κ3) is 8.18. The number of aliphatic carboxylic acids is 1. The second kappa shape index (κ2) is 16.3. The van der Waals surface area contributed by atoms with E-state index < -0.39 is 47.2 Å². The maximum atomic E-state index is 13.2. The van der Waals surface area contributed by atoms with Crippen LogP contribution >= 0.6 is 11.6 Å². The Kier molecular flexibility index (Phi) is 12.6. The number of rotatable bonds is 11. The van der Waals surface area contributed by atoms with Gasteiger partial charge in [0, 0.05) is 50.3 Å². The average molecular weight is 795 g/mol. The summed E-state index contributed by atoms with van der Waals surface area (Å²) in [4.78, 5) is 24.8. The van der Waals surface area contributed by atoms with E-state index in [-0.39, 0.29) is 78.0 Å². The van der Waals surface area contributed by atoms with Gasteiger partial charge in [0.2, 0.25) is 0 Å². The summed E-state index contributed by atoms with van der Waals surface area (Å²) in [7, 11) is 3.41. The minimum Gasteiger partial charge on any atom is -0.507 e. The summed E-state index contributed by atoms with van der Waals surface area (Å²) in [5, 5.41) is 20.3. The Hall–Kier alpha value is -2.03. The first kappa shape index (κ1) is 42.6. The molecule has 13 heteroatoms. The zero-order valence-electron chi connectivity index (χ0n) is 34.2. The lowest BCUT2D eigenvalue weighted by Gasteiger charge is -2.50. The molecule has 1 aromatic rings. The van der Waals surface area contributed by atoms with Gasteiger partial charge in [0.15, 0.2) is 5.79 Å². The molecule has 0 aromatic heterocycles. The van der Waals surface area contributed by atoms with Crippen molar-refractivity contribution in [3.05, 3.63) is 28.3 Å². The molecule has 0 amide bonds. The molecule has 5 fully saturated rings. The molecule has 16 atom stereocenters. The van der Waals surface area contributed by atoms with Gasteiger partial charge in [-0.15, -0.1) is 0 Å². The summed E-state index contributed by atoms with van der Waals surface area (Å²) in [6.45, 7) is 16.2. The minimum atomic E-state index is -0.911. The van der Waals surface area contributed by atoms with Crippen LogP contribution in [0.4, 0.5) is 0 Å². The summed E-state index contributed by atoms with van der Waals surface area (Å²) in [5.41, 5.74) is -0.877. The van der Waals surface area contributed by atoms with Crippen LogP contribution in [0.25, 0.3) is 0 Å². The number of methoxy groups -OCH3 is 2. The van der Waals surface area contributed by atoms with Gasteiger partial charge in [-0.3, -0.25) is 4.79 Å². The predicted molar refractivity (Wildman–Crippen MR) is 203 cm³/mol. The molecule has 5 aliphatic heterocycles. The Bertz CT molecular complexity index is 1560. The fraction of sp³-hybridized carbons (Fsp3) is 0.810. The van der Waals surface area contributed by atoms with Crippen LogP contribution in [0.15, 0.2) is 12.1 Å². The summed E-state index contributed by atoms with van der Waals surface area (Å²) >= 11 is 6.23. The van der Waals surface area contributed by atoms with Crippen molar-refractivity contribution in [3.63, 3.8) is 0 Å². The minimum absolute atomic E-state index is 0.00433. The Morgan fingerprint density at radius 1 is 0.964 bits per heavy atom. The van der Waals surface area contributed by atoms with Gasteiger partial charge in [-0.1, -0.05) is 39.3 Å². The van der Waals surface area contributed by atoms with E-state index in [1.165, 1.54) is 6.07 Å². The van der Waals surface area contributed by atoms with Crippen molar-refractivity contribution in [3.8, 4) is 5.75 Å². The van der Waals surface area contributed by atoms with Gasteiger partial charge in [0.1, 0.15) is 23.5 Å². The van der Waals surface area contributed by atoms with Crippen LogP contribution < -0.4 is 0 Å². The SMILES string of the molecule is CO[C@H]1C[C@H]([C@H](C)OC(=O)c2c(O)ccc(Cl)c2C)O[C@H]1[C@@]1(C)CCC([C@]2(C)C[C@@H](C)C3(O[C@H](C[C@@H]4O[C@@H](CC(=O)O)[C@H](C)C[C@@H]4C)C[C@@H](OC)[C@H]3C)O2)O1. The first-order chi connectivity index (χ1) is 25.8. The highest BCUT2D eigenvalue weighted by atomic mass is 35.5. The number of ether oxygens (including phenoxy) is 8. The zero-order valence-corrected chi connectivity index (χ0v) is 34.9. The quantitative estimate of drug-likeness (QED) is 0.217. The highest BCUT2D eigenvalue weighted by Gasteiger charge is 2.65. The third-order valence-corrected chi connectivity index (χ3v) is 14.2. The van der Waals surface area contributed by atoms with Crippen LogP contribution in [0, 0.1) is 30.6 Å². The molecule has 1 aromatic carbocycles. The monoisotopic (exact) mass is 794 g/mol. The lowest BCUT2D eigenvalue weighted by atomic mass is 9.77. The van der Waals surface area contributed by atoms with Crippen LogP contribution in [0.5, 0.6) is 5.75 Å². The van der Waals surface area contributed by atoms with Gasteiger partial charge in [-0.2, -0.15) is 0 Å². The van der Waals surface area contributed by atoms with Crippen LogP contribution in [0.2, 0.25) is 5.02 Å². The molecular formula is C42H63ClO12. The number of carboxylic acids is 1. The van der Waals surface area contributed by atoms with E-state index in [1.54, 1.807) is 34.1 Å². The summed E-state index contributed by atoms with van der Waals surface area (Å²) in [6, 6.07) is 2.92. The van der Waals surface area contributed by atoms with Gasteiger partial charge >= 0.3 is 11.9 Å². The Morgan fingerprint density at radius 2 is 1.65 bits per heavy atom. The topological polar surface area (TPSA) is 148 Å². The van der Waals surface area contributed by atoms with E-state index in [0.29, 0.717) is 36.3 Å². The van der Waals surface area contributed by atoms with E-state index in [0.717, 1.165) is 19.3 Å². The van der Waals surface area contributed by atoms with Crippen LogP contribution in [-0.4, -0.2) is 108 Å². The lowest BCUT2D eigenvalue weighted by Crippen LogP contribution is -2.58. The molecule has 55 heavy (non-hydrogen) atoms. The van der Waals surface area contributed by atoms with E-state index >= 15 is 0 Å². The second-order valence-corrected chi connectivity index (χ2v) is 18.2. The van der Waals surface area contributed by atoms with Gasteiger partial charge in [0.05, 0.1) is 60.4 Å². The molecule has 5 heterocycles. The standard InChI is InChI=1S/C42H63ClO12/c1-21-15-22(2)31(19-36(45)46)51-30(21)16-27-17-32(48-9)25(5)42(53-27)23(3)20-41(8,55-42)35-13-14-40(7,54-35)38-34(49-10)18-33(52-38)26(6)50-39(47)37-24(4)28(43)11-12-29(37)44/h11-12,21-23,25-27,30-35,38,44H,13-20H2,1-10H3,(H,45,46)/t21-,22+,23+,25+,26-,27+,30-,31-,32+,33+,34-,35?,38+,40+,41-,42?/m0/s1. The molecule has 0 radical (unpaired) electrons. The number of carboxylic acid groups (broad SMARTS) is 1. The van der Waals surface area contributed by atoms with Crippen molar-refractivity contribution in [1.29, 1.82) is 0 Å². The number of hydrogen-bond acceptors (Lipinski definition) is 11. The molecule has 12 nitrogen and oxygen atoms in total. The maximum Gasteiger partial charge on any atom is 0.342 e. The van der Waals surface area contributed by atoms with Crippen LogP contribution in [0.1, 0.15) is 116 Å². The van der Waals surface area contributed by atoms with Crippen molar-refractivity contribution in [2.24, 2.45) is 23.7 Å². The molecule has 0 bridgehead atoms. The van der Waals surface area contributed by atoms with E-state index in [4.69, 9.17) is 49.5 Å². The molecule has 6 rings (SSSR count). The average Bonchev–Trinajstić information content (AvgIpc) is 3.81. The molecule has 1 spiro atoms. The van der Waals surface area contributed by atoms with Crippen LogP contribution in [0.3, 0.4) is 0 Å². The smallest absolute Gasteiger partial charge is 0.342 e. The molecule has 0 aliphatic carbocycles. The van der Waals surface area contributed by atoms with Gasteiger partial charge in [-0.25, -0.2) is 4.79 Å². The van der Waals surface area contributed by atoms with Gasteiger partial charge in [0.25, 0.3) is 0 Å². The van der Waals surface area contributed by atoms with Crippen LogP contribution in [-0.2, 0) is 42.7 Å². The molecule has 5 saturated heterocycles. The Labute approximate surface area is 331 Å². The number of esters is 1. The van der Waals surface area contributed by atoms with E-state index in [1.807, 2.05) is 0 Å². The summed E-state index contributed by atoms with van der Waals surface area (Å²) in [6.07, 6.45) is 2.10. The van der Waals surface area contributed by atoms with E-state index in [2.05, 4.69) is 41.5 Å². The fourth-order valence-corrected chi connectivity index (χ4v) is 10.7. The Balaban J connectivity index is 1.13. The van der Waals surface area contributed by atoms with Crippen molar-refractivity contribution in [1.82, 2.24) is 0 Å². The first-order valence-corrected chi connectivity index (χ1v) is 20.6. The molecule has 2 unspecified atom stereocenters. The highest BCUT2D eigenvalue weighted by molar-refractivity contribution is 6.31. The summed E-state index contributed by atoms with van der Waals surface area (Å²) in [5.74, 6) is -2.20. The number of phenols is 1. The highest BCUT2D eigenvalue weighted by Crippen LogP contribution is 2.56. The summed E-state index contributed by atoms with van der Waals surface area (Å²) < 4.78 is 52.3. The third-order valence-electron chi connectivity index (χ3n) is 13.8. The van der Waals surface area contributed by atoms with Crippen molar-refractivity contribution < 1.29 is 57.7 Å². The molecule has 5 aliphatic rings. The number of benzene rings is 1.